The molecule has 23 heteroatoms. The molecule has 0 aromatic rings. The number of carbonyl (C=O) groups is 3. The van der Waals surface area contributed by atoms with Gasteiger partial charge in [0.25, 0.3) is 0 Å². The van der Waals surface area contributed by atoms with Gasteiger partial charge >= 0.3 is 26.8 Å². The molecule has 7 atom stereocenters. The van der Waals surface area contributed by atoms with E-state index in [1.165, 1.54) is 0 Å². The summed E-state index contributed by atoms with van der Waals surface area (Å²) < 4.78 is 79.4. The number of hydrogen-bond acceptors (Lipinski definition) is 14. The Morgan fingerprint density at radius 1 is 1.14 bits per heavy atom. The maximum atomic E-state index is 11.3. The van der Waals surface area contributed by atoms with E-state index in [1.54, 1.807) is 0 Å². The van der Waals surface area contributed by atoms with Gasteiger partial charge in [0, 0.05) is 95.6 Å². The summed E-state index contributed by atoms with van der Waals surface area (Å²) in [6, 6.07) is -1.85. The molecule has 1 aliphatic rings. The minimum Gasteiger partial charge on any atom is -0.475 e. The van der Waals surface area contributed by atoms with Gasteiger partial charge in [-0.05, 0) is 6.08 Å². The van der Waals surface area contributed by atoms with Crippen molar-refractivity contribution >= 4 is 128 Å². The van der Waals surface area contributed by atoms with Gasteiger partial charge in [0.1, 0.15) is 36.7 Å². The maximum Gasteiger partial charge on any atom is 0.397 e. The average molecular weight is 608 g/mol. The fourth-order valence-electron chi connectivity index (χ4n) is 2.56. The Morgan fingerprint density at radius 3 is 2.08 bits per heavy atom. The summed E-state index contributed by atoms with van der Waals surface area (Å²) in [5, 5.41) is 41.7. The molecule has 0 aromatic heterocycles. The fourth-order valence-corrected chi connectivity index (χ4v) is 3.35. The summed E-state index contributed by atoms with van der Waals surface area (Å²) in [7, 11) is -10.5. The quantitative estimate of drug-likeness (QED) is 0.0582. The summed E-state index contributed by atoms with van der Waals surface area (Å²) in [6.45, 7) is -0.426. The van der Waals surface area contributed by atoms with Crippen LogP contribution in [0.15, 0.2) is 11.8 Å². The molecule has 0 spiro atoms. The summed E-state index contributed by atoms with van der Waals surface area (Å²) in [5.74, 6) is -3.72. The third kappa shape index (κ3) is 15.3. The topological polar surface area (TPSA) is 290 Å². The molecule has 7 N–H and O–H groups in total. The van der Waals surface area contributed by atoms with Crippen molar-refractivity contribution in [1.29, 1.82) is 0 Å². The van der Waals surface area contributed by atoms with Crippen LogP contribution in [-0.4, -0.2) is 203 Å². The Balaban J connectivity index is -0.00000385. The van der Waals surface area contributed by atoms with E-state index in [0.29, 0.717) is 6.08 Å². The minimum atomic E-state index is -5.34. The first kappa shape index (κ1) is 42.2. The van der Waals surface area contributed by atoms with Gasteiger partial charge in [-0.15, -0.1) is 0 Å². The van der Waals surface area contributed by atoms with Crippen molar-refractivity contribution in [3.63, 3.8) is 0 Å². The SMILES string of the molecule is CC(=O)N[C@@H](C=O)[C@@H](O)[C@H](O[C@@H]1OC(C(=O)O)=C[C@H](O)[C@H]1OS(=O)(=O)O)[C@H](O)COS(=O)(=O)O.[Na].[Na].[Na]. The molecule has 0 aliphatic carbocycles. The van der Waals surface area contributed by atoms with Gasteiger partial charge < -0.3 is 40.0 Å². The van der Waals surface area contributed by atoms with Crippen LogP contribution in [0, 0.1) is 0 Å². The molecule has 1 amide bonds. The second-order valence-electron chi connectivity index (χ2n) is 6.53. The van der Waals surface area contributed by atoms with E-state index in [-0.39, 0.29) is 95.0 Å². The zero-order valence-electron chi connectivity index (χ0n) is 19.9. The van der Waals surface area contributed by atoms with E-state index in [0.717, 1.165) is 6.92 Å². The van der Waals surface area contributed by atoms with Crippen molar-refractivity contribution in [2.24, 2.45) is 0 Å². The largest absolute Gasteiger partial charge is 0.475 e. The van der Waals surface area contributed by atoms with Crippen LogP contribution in [0.1, 0.15) is 6.92 Å². The minimum absolute atomic E-state index is 0. The van der Waals surface area contributed by atoms with Crippen LogP contribution >= 0.6 is 0 Å². The summed E-state index contributed by atoms with van der Waals surface area (Å²) in [6.07, 6.45) is -13.2. The van der Waals surface area contributed by atoms with Gasteiger partial charge in [-0.1, -0.05) is 0 Å². The van der Waals surface area contributed by atoms with Crippen LogP contribution in [0.2, 0.25) is 0 Å². The Morgan fingerprint density at radius 2 is 1.68 bits per heavy atom. The van der Waals surface area contributed by atoms with Crippen molar-refractivity contribution in [1.82, 2.24) is 5.32 Å². The first-order valence-electron chi connectivity index (χ1n) is 8.76. The number of carboxylic acids is 1. The Hall–Kier alpha value is 0.730. The van der Waals surface area contributed by atoms with E-state index >= 15 is 0 Å². The zero-order valence-corrected chi connectivity index (χ0v) is 27.5. The predicted molar refractivity (Wildman–Crippen MR) is 118 cm³/mol. The fraction of sp³-hybridized carbons (Fsp3) is 0.643. The van der Waals surface area contributed by atoms with Gasteiger partial charge in [-0.25, -0.2) is 13.2 Å². The van der Waals surface area contributed by atoms with Gasteiger partial charge in [0.15, 0.2) is 6.10 Å². The third-order valence-electron chi connectivity index (χ3n) is 3.89. The number of aldehydes is 1. The van der Waals surface area contributed by atoms with Crippen LogP contribution in [0.3, 0.4) is 0 Å². The predicted octanol–water partition coefficient (Wildman–Crippen LogP) is -5.65. The zero-order chi connectivity index (χ0) is 26.4. The molecular formula is C14H21NNa3O17S2. The van der Waals surface area contributed by atoms with Crippen molar-refractivity contribution in [2.75, 3.05) is 6.61 Å². The first-order valence-corrected chi connectivity index (χ1v) is 11.5. The van der Waals surface area contributed by atoms with Crippen LogP contribution in [-0.2, 0) is 53.0 Å². The average Bonchev–Trinajstić information content (AvgIpc) is 2.68. The number of aliphatic hydroxyl groups is 3. The van der Waals surface area contributed by atoms with Crippen molar-refractivity contribution in [3.8, 4) is 0 Å². The molecule has 0 bridgehead atoms. The van der Waals surface area contributed by atoms with Gasteiger partial charge in [-0.3, -0.25) is 13.9 Å². The number of hydrogen-bond donors (Lipinski definition) is 7. The van der Waals surface area contributed by atoms with Crippen LogP contribution in [0.5, 0.6) is 0 Å². The Bertz CT molecular complexity index is 1010. The van der Waals surface area contributed by atoms with Gasteiger partial charge in [0.05, 0.1) is 6.61 Å². The maximum absolute atomic E-state index is 11.3. The number of rotatable bonds is 13. The van der Waals surface area contributed by atoms with Gasteiger partial charge in [0.2, 0.25) is 18.0 Å². The van der Waals surface area contributed by atoms with E-state index in [1.807, 2.05) is 5.32 Å². The molecule has 199 valence electrons. The molecule has 1 rings (SSSR count). The molecule has 0 aromatic carbocycles. The Labute approximate surface area is 276 Å². The number of nitrogens with one attached hydrogen (secondary N) is 1. The molecule has 1 heterocycles. The molecule has 0 saturated carbocycles. The van der Waals surface area contributed by atoms with E-state index < -0.39 is 87.9 Å². The number of ether oxygens (including phenoxy) is 2. The molecule has 37 heavy (non-hydrogen) atoms. The number of carbonyl (C=O) groups excluding carboxylic acids is 2. The molecule has 1 aliphatic heterocycles. The van der Waals surface area contributed by atoms with Crippen molar-refractivity contribution < 1.29 is 78.6 Å². The molecule has 0 fully saturated rings. The second kappa shape index (κ2) is 18.2. The molecule has 3 radical (unpaired) electrons. The molecular weight excluding hydrogens is 587 g/mol. The summed E-state index contributed by atoms with van der Waals surface area (Å²) in [4.78, 5) is 33.8. The van der Waals surface area contributed by atoms with Gasteiger partial charge in [-0.2, -0.15) is 16.8 Å². The molecule has 0 unspecified atom stereocenters. The number of carboxylic acid groups (broad SMARTS) is 1. The normalized spacial score (nSPS) is 22.6. The Kier molecular flexibility index (Phi) is 20.8. The second-order valence-corrected chi connectivity index (χ2v) is 8.67. The van der Waals surface area contributed by atoms with Crippen LogP contribution < -0.4 is 5.32 Å². The molecule has 0 saturated heterocycles. The summed E-state index contributed by atoms with van der Waals surface area (Å²) in [5.41, 5.74) is 0. The smallest absolute Gasteiger partial charge is 0.397 e. The monoisotopic (exact) mass is 608 g/mol. The summed E-state index contributed by atoms with van der Waals surface area (Å²) >= 11 is 0. The number of amides is 1. The standard InChI is InChI=1S/C14H21NO17S2.3Na/c1-5(17)15-6(3-16)10(20)11(8(19)4-29-33(23,24)25)31-14-12(32-34(26,27)28)7(18)2-9(30-14)13(21)22;;;/h2-3,6-8,10-12,14,18-20H,4H2,1H3,(H,15,17)(H,21,22)(H,23,24,25)(H,26,27,28);;;/t6-,7-,8+,10+,11+,12+,14-;;;/m0.../s1. The molecule has 18 nitrogen and oxygen atoms in total. The third-order valence-corrected chi connectivity index (χ3v) is 4.79. The first-order chi connectivity index (χ1) is 15.4. The van der Waals surface area contributed by atoms with Crippen molar-refractivity contribution in [3.05, 3.63) is 11.8 Å². The van der Waals surface area contributed by atoms with Crippen LogP contribution in [0.4, 0.5) is 0 Å². The van der Waals surface area contributed by atoms with Crippen LogP contribution in [0.25, 0.3) is 0 Å². The van der Waals surface area contributed by atoms with Crippen molar-refractivity contribution in [2.45, 2.75) is 49.8 Å². The van der Waals surface area contributed by atoms with E-state index in [4.69, 9.17) is 23.7 Å². The van der Waals surface area contributed by atoms with E-state index in [9.17, 15) is 46.5 Å². The van der Waals surface area contributed by atoms with E-state index in [2.05, 4.69) is 8.37 Å². The number of aliphatic carboxylic acids is 1. The number of aliphatic hydroxyl groups excluding tert-OH is 3.